The van der Waals surface area contributed by atoms with E-state index in [4.69, 9.17) is 4.74 Å². The molecule has 0 spiro atoms. The molecule has 0 fully saturated rings. The van der Waals surface area contributed by atoms with Crippen LogP contribution in [0.1, 0.15) is 36.1 Å². The lowest BCUT2D eigenvalue weighted by atomic mass is 10.0. The van der Waals surface area contributed by atoms with E-state index in [0.29, 0.717) is 34.0 Å². The third-order valence-corrected chi connectivity index (χ3v) is 6.31. The minimum atomic E-state index is -0.384. The van der Waals surface area contributed by atoms with Crippen molar-refractivity contribution >= 4 is 40.0 Å². The largest absolute Gasteiger partial charge is 0.497 e. The number of carbonyl (C=O) groups is 2. The number of nitrogens with one attached hydrogen (secondary N) is 2. The molecule has 2 N–H and O–H groups in total. The van der Waals surface area contributed by atoms with Gasteiger partial charge < -0.3 is 19.9 Å². The molecule has 33 heavy (non-hydrogen) atoms. The van der Waals surface area contributed by atoms with Gasteiger partial charge in [-0.3, -0.25) is 9.59 Å². The lowest BCUT2D eigenvalue weighted by Crippen LogP contribution is -2.33. The van der Waals surface area contributed by atoms with E-state index >= 15 is 0 Å². The molecule has 9 nitrogen and oxygen atoms in total. The summed E-state index contributed by atoms with van der Waals surface area (Å²) in [7, 11) is 1.58. The monoisotopic (exact) mass is 486 g/mol. The first kappa shape index (κ1) is 24.5. The maximum absolute atomic E-state index is 12.9. The van der Waals surface area contributed by atoms with Crippen molar-refractivity contribution in [2.75, 3.05) is 18.2 Å². The average molecular weight is 487 g/mol. The van der Waals surface area contributed by atoms with E-state index in [1.807, 2.05) is 18.4 Å². The van der Waals surface area contributed by atoms with Gasteiger partial charge in [-0.1, -0.05) is 31.7 Å². The molecule has 1 aromatic carbocycles. The first-order chi connectivity index (χ1) is 15.9. The van der Waals surface area contributed by atoms with E-state index in [-0.39, 0.29) is 29.5 Å². The van der Waals surface area contributed by atoms with Crippen LogP contribution in [-0.2, 0) is 11.3 Å². The molecule has 1 atom stereocenters. The summed E-state index contributed by atoms with van der Waals surface area (Å²) >= 11 is 2.62. The molecule has 0 radical (unpaired) electrons. The Morgan fingerprint density at radius 1 is 1.27 bits per heavy atom. The lowest BCUT2D eigenvalue weighted by Gasteiger charge is -2.22. The molecule has 0 aliphatic heterocycles. The van der Waals surface area contributed by atoms with Crippen LogP contribution in [0, 0.1) is 5.92 Å². The van der Waals surface area contributed by atoms with Crippen LogP contribution >= 0.6 is 23.1 Å². The molecule has 0 bridgehead atoms. The molecule has 2 amide bonds. The lowest BCUT2D eigenvalue weighted by molar-refractivity contribution is -0.113. The molecule has 3 rings (SSSR count). The number of hydrogen-bond acceptors (Lipinski definition) is 8. The van der Waals surface area contributed by atoms with E-state index < -0.39 is 0 Å². The summed E-state index contributed by atoms with van der Waals surface area (Å²) < 4.78 is 7.02. The number of anilines is 1. The van der Waals surface area contributed by atoms with Gasteiger partial charge in [0.05, 0.1) is 18.9 Å². The number of rotatable bonds is 11. The Bertz CT molecular complexity index is 1080. The van der Waals surface area contributed by atoms with Gasteiger partial charge in [0, 0.05) is 23.7 Å². The summed E-state index contributed by atoms with van der Waals surface area (Å²) in [5.41, 5.74) is 0.518. The number of aromatic nitrogens is 4. The van der Waals surface area contributed by atoms with Crippen LogP contribution in [0.25, 0.3) is 0 Å². The van der Waals surface area contributed by atoms with Gasteiger partial charge in [0.25, 0.3) is 5.91 Å². The van der Waals surface area contributed by atoms with Gasteiger partial charge in [-0.15, -0.1) is 28.1 Å². The number of methoxy groups -OCH3 is 1. The summed E-state index contributed by atoms with van der Waals surface area (Å²) in [4.78, 5) is 29.2. The molecule has 0 aliphatic rings. The van der Waals surface area contributed by atoms with E-state index in [1.165, 1.54) is 23.1 Å². The van der Waals surface area contributed by atoms with Gasteiger partial charge in [-0.2, -0.15) is 0 Å². The quantitative estimate of drug-likeness (QED) is 0.313. The molecule has 0 aliphatic carbocycles. The van der Waals surface area contributed by atoms with Crippen molar-refractivity contribution in [3.05, 3.63) is 59.9 Å². The molecular formula is C22H26N6O3S2. The molecule has 2 heterocycles. The van der Waals surface area contributed by atoms with Gasteiger partial charge in [-0.05, 0) is 30.2 Å². The fraction of sp³-hybridized carbons (Fsp3) is 0.318. The van der Waals surface area contributed by atoms with E-state index in [0.717, 1.165) is 0 Å². The smallest absolute Gasteiger partial charge is 0.251 e. The Balaban J connectivity index is 1.75. The number of allylic oxidation sites excluding steroid dienone is 1. The van der Waals surface area contributed by atoms with E-state index in [1.54, 1.807) is 49.0 Å². The van der Waals surface area contributed by atoms with Crippen molar-refractivity contribution in [2.24, 2.45) is 5.92 Å². The number of amides is 2. The van der Waals surface area contributed by atoms with Crippen molar-refractivity contribution in [2.45, 2.75) is 31.6 Å². The summed E-state index contributed by atoms with van der Waals surface area (Å²) in [5.74, 6) is 1.08. The second-order valence-electron chi connectivity index (χ2n) is 7.34. The molecule has 0 saturated carbocycles. The SMILES string of the molecule is C=CCn1c(SCC(=O)Nc2nccs2)nnc1[C@H](NC(=O)c1ccc(OC)cc1)C(C)C. The zero-order chi connectivity index (χ0) is 23.8. The summed E-state index contributed by atoms with van der Waals surface area (Å²) in [6.45, 7) is 8.27. The van der Waals surface area contributed by atoms with E-state index in [2.05, 4.69) is 32.4 Å². The Kier molecular flexibility index (Phi) is 8.61. The molecule has 3 aromatic rings. The van der Waals surface area contributed by atoms with Crippen LogP contribution in [0.5, 0.6) is 5.75 Å². The predicted octanol–water partition coefficient (Wildman–Crippen LogP) is 3.79. The highest BCUT2D eigenvalue weighted by atomic mass is 32.2. The summed E-state index contributed by atoms with van der Waals surface area (Å²) in [6.07, 6.45) is 3.36. The highest BCUT2D eigenvalue weighted by molar-refractivity contribution is 7.99. The Morgan fingerprint density at radius 2 is 2.03 bits per heavy atom. The van der Waals surface area contributed by atoms with Crippen molar-refractivity contribution in [1.29, 1.82) is 0 Å². The Morgan fingerprint density at radius 3 is 2.64 bits per heavy atom. The van der Waals surface area contributed by atoms with Crippen LogP contribution < -0.4 is 15.4 Å². The third kappa shape index (κ3) is 6.42. The second-order valence-corrected chi connectivity index (χ2v) is 9.17. The number of ether oxygens (including phenoxy) is 1. The molecular weight excluding hydrogens is 460 g/mol. The summed E-state index contributed by atoms with van der Waals surface area (Å²) in [6, 6.07) is 6.52. The highest BCUT2D eigenvalue weighted by Crippen LogP contribution is 2.26. The molecule has 174 valence electrons. The van der Waals surface area contributed by atoms with E-state index in [9.17, 15) is 9.59 Å². The van der Waals surface area contributed by atoms with Crippen molar-refractivity contribution < 1.29 is 14.3 Å². The van der Waals surface area contributed by atoms with Crippen molar-refractivity contribution in [1.82, 2.24) is 25.1 Å². The molecule has 0 unspecified atom stereocenters. The second kappa shape index (κ2) is 11.6. The number of thioether (sulfide) groups is 1. The zero-order valence-corrected chi connectivity index (χ0v) is 20.3. The van der Waals surface area contributed by atoms with Crippen molar-refractivity contribution in [3.63, 3.8) is 0 Å². The number of benzene rings is 1. The molecule has 0 saturated heterocycles. The van der Waals surface area contributed by atoms with Gasteiger partial charge in [0.15, 0.2) is 16.1 Å². The number of nitrogens with zero attached hydrogens (tertiary/aromatic N) is 4. The average Bonchev–Trinajstić information content (AvgIpc) is 3.46. The van der Waals surface area contributed by atoms with Gasteiger partial charge in [0.2, 0.25) is 5.91 Å². The van der Waals surface area contributed by atoms with Crippen LogP contribution in [0.4, 0.5) is 5.13 Å². The standard InChI is InChI=1S/C22H26N6O3S2/c1-5-11-28-19(26-27-22(28)33-13-17(29)24-21-23-10-12-32-21)18(14(2)3)25-20(30)15-6-8-16(31-4)9-7-15/h5-10,12,14,18H,1,11,13H2,2-4H3,(H,25,30)(H,23,24,29)/t18-/m1/s1. The first-order valence-electron chi connectivity index (χ1n) is 10.2. The van der Waals surface area contributed by atoms with Crippen LogP contribution in [0.3, 0.4) is 0 Å². The number of thiazole rings is 1. The van der Waals surface area contributed by atoms with Gasteiger partial charge in [-0.25, -0.2) is 4.98 Å². The fourth-order valence-corrected chi connectivity index (χ4v) is 4.30. The topological polar surface area (TPSA) is 111 Å². The minimum absolute atomic E-state index is 0.0472. The Labute approximate surface area is 200 Å². The number of carbonyl (C=O) groups excluding carboxylic acids is 2. The van der Waals surface area contributed by atoms with Crippen LogP contribution in [0.15, 0.2) is 53.7 Å². The van der Waals surface area contributed by atoms with Gasteiger partial charge >= 0.3 is 0 Å². The first-order valence-corrected chi connectivity index (χ1v) is 12.1. The highest BCUT2D eigenvalue weighted by Gasteiger charge is 2.26. The normalized spacial score (nSPS) is 11.8. The molecule has 11 heteroatoms. The van der Waals surface area contributed by atoms with Crippen molar-refractivity contribution in [3.8, 4) is 5.75 Å². The van der Waals surface area contributed by atoms with Gasteiger partial charge in [0.1, 0.15) is 5.75 Å². The molecule has 2 aromatic heterocycles. The third-order valence-electron chi connectivity index (χ3n) is 4.65. The number of hydrogen-bond donors (Lipinski definition) is 2. The minimum Gasteiger partial charge on any atom is -0.497 e. The predicted molar refractivity (Wildman–Crippen MR) is 130 cm³/mol. The maximum Gasteiger partial charge on any atom is 0.251 e. The maximum atomic E-state index is 12.9. The zero-order valence-electron chi connectivity index (χ0n) is 18.6. The summed E-state index contributed by atoms with van der Waals surface area (Å²) in [5, 5.41) is 17.4. The van der Waals surface area contributed by atoms with Crippen LogP contribution in [-0.4, -0.2) is 44.4 Å². The fourth-order valence-electron chi connectivity index (χ4n) is 3.00. The van der Waals surface area contributed by atoms with Crippen LogP contribution in [0.2, 0.25) is 0 Å². The Hall–Kier alpha value is -3.18.